The SMILES string of the molecule is COC(=O)CC(=O)c1ccccc1CC(C)=O. The van der Waals surface area contributed by atoms with Crippen LogP contribution in [-0.4, -0.2) is 24.6 Å². The molecule has 4 heteroatoms. The van der Waals surface area contributed by atoms with Gasteiger partial charge in [-0.05, 0) is 12.5 Å². The summed E-state index contributed by atoms with van der Waals surface area (Å²) in [7, 11) is 1.23. The van der Waals surface area contributed by atoms with Gasteiger partial charge in [0.15, 0.2) is 5.78 Å². The van der Waals surface area contributed by atoms with Gasteiger partial charge < -0.3 is 4.74 Å². The lowest BCUT2D eigenvalue weighted by molar-refractivity contribution is -0.139. The van der Waals surface area contributed by atoms with Crippen LogP contribution in [0.2, 0.25) is 0 Å². The molecule has 0 aliphatic rings. The topological polar surface area (TPSA) is 60.4 Å². The first-order chi connectivity index (χ1) is 8.04. The Morgan fingerprint density at radius 3 is 2.41 bits per heavy atom. The van der Waals surface area contributed by atoms with Crippen LogP contribution in [0.15, 0.2) is 24.3 Å². The lowest BCUT2D eigenvalue weighted by Crippen LogP contribution is -2.12. The van der Waals surface area contributed by atoms with Crippen molar-refractivity contribution >= 4 is 17.5 Å². The van der Waals surface area contributed by atoms with Gasteiger partial charge in [0.1, 0.15) is 12.2 Å². The fraction of sp³-hybridized carbons (Fsp3) is 0.308. The van der Waals surface area contributed by atoms with Gasteiger partial charge in [-0.3, -0.25) is 14.4 Å². The normalized spacial score (nSPS) is 9.76. The second-order valence-electron chi connectivity index (χ2n) is 3.71. The van der Waals surface area contributed by atoms with Crippen molar-refractivity contribution in [2.45, 2.75) is 19.8 Å². The molecule has 0 aliphatic heterocycles. The highest BCUT2D eigenvalue weighted by molar-refractivity contribution is 6.07. The molecule has 0 atom stereocenters. The Morgan fingerprint density at radius 1 is 1.18 bits per heavy atom. The summed E-state index contributed by atoms with van der Waals surface area (Å²) in [5.41, 5.74) is 1.06. The van der Waals surface area contributed by atoms with Crippen molar-refractivity contribution in [2.75, 3.05) is 7.11 Å². The number of ether oxygens (including phenoxy) is 1. The van der Waals surface area contributed by atoms with Crippen LogP contribution in [0, 0.1) is 0 Å². The molecule has 90 valence electrons. The van der Waals surface area contributed by atoms with Crippen LogP contribution >= 0.6 is 0 Å². The number of esters is 1. The van der Waals surface area contributed by atoms with Gasteiger partial charge in [0.25, 0.3) is 0 Å². The fourth-order valence-corrected chi connectivity index (χ4v) is 1.51. The number of carbonyl (C=O) groups excluding carboxylic acids is 3. The molecule has 4 nitrogen and oxygen atoms in total. The van der Waals surface area contributed by atoms with Crippen LogP contribution in [-0.2, 0) is 20.7 Å². The van der Waals surface area contributed by atoms with Gasteiger partial charge in [0.05, 0.1) is 7.11 Å². The van der Waals surface area contributed by atoms with E-state index in [2.05, 4.69) is 4.74 Å². The van der Waals surface area contributed by atoms with E-state index in [1.165, 1.54) is 14.0 Å². The van der Waals surface area contributed by atoms with Gasteiger partial charge in [-0.2, -0.15) is 0 Å². The minimum atomic E-state index is -0.576. The zero-order valence-electron chi connectivity index (χ0n) is 9.86. The summed E-state index contributed by atoms with van der Waals surface area (Å²) in [6.45, 7) is 1.46. The van der Waals surface area contributed by atoms with E-state index in [0.717, 1.165) is 0 Å². The molecule has 0 unspecified atom stereocenters. The number of carbonyl (C=O) groups is 3. The van der Waals surface area contributed by atoms with Crippen LogP contribution in [0.1, 0.15) is 29.3 Å². The molecule has 17 heavy (non-hydrogen) atoms. The van der Waals surface area contributed by atoms with Crippen LogP contribution in [0.5, 0.6) is 0 Å². The van der Waals surface area contributed by atoms with Crippen molar-refractivity contribution in [2.24, 2.45) is 0 Å². The largest absolute Gasteiger partial charge is 0.469 e. The quantitative estimate of drug-likeness (QED) is 0.440. The first-order valence-corrected chi connectivity index (χ1v) is 5.22. The van der Waals surface area contributed by atoms with Gasteiger partial charge in [-0.25, -0.2) is 0 Å². The zero-order valence-corrected chi connectivity index (χ0v) is 9.86. The summed E-state index contributed by atoms with van der Waals surface area (Å²) >= 11 is 0. The van der Waals surface area contributed by atoms with E-state index in [4.69, 9.17) is 0 Å². The fourth-order valence-electron chi connectivity index (χ4n) is 1.51. The molecule has 0 fully saturated rings. The molecule has 0 spiro atoms. The minimum absolute atomic E-state index is 0.0247. The molecule has 0 N–H and O–H groups in total. The summed E-state index contributed by atoms with van der Waals surface area (Å²) in [6.07, 6.45) is -0.103. The summed E-state index contributed by atoms with van der Waals surface area (Å²) in [6, 6.07) is 6.79. The highest BCUT2D eigenvalue weighted by Gasteiger charge is 2.15. The van der Waals surface area contributed by atoms with Gasteiger partial charge in [0.2, 0.25) is 0 Å². The molecule has 0 aliphatic carbocycles. The first kappa shape index (κ1) is 13.1. The zero-order chi connectivity index (χ0) is 12.8. The maximum absolute atomic E-state index is 11.8. The lowest BCUT2D eigenvalue weighted by Gasteiger charge is -2.06. The first-order valence-electron chi connectivity index (χ1n) is 5.22. The monoisotopic (exact) mass is 234 g/mol. The summed E-state index contributed by atoms with van der Waals surface area (Å²) in [4.78, 5) is 33.9. The van der Waals surface area contributed by atoms with Gasteiger partial charge in [0, 0.05) is 12.0 Å². The maximum Gasteiger partial charge on any atom is 0.313 e. The molecule has 0 bridgehead atoms. The molecule has 0 amide bonds. The average Bonchev–Trinajstić information content (AvgIpc) is 2.28. The van der Waals surface area contributed by atoms with E-state index in [1.54, 1.807) is 24.3 Å². The summed E-state index contributed by atoms with van der Waals surface area (Å²) in [5.74, 6) is -0.926. The highest BCUT2D eigenvalue weighted by Crippen LogP contribution is 2.12. The Kier molecular flexibility index (Phi) is 4.57. The molecule has 0 heterocycles. The third-order valence-corrected chi connectivity index (χ3v) is 2.29. The van der Waals surface area contributed by atoms with Gasteiger partial charge in [-0.1, -0.05) is 24.3 Å². The van der Waals surface area contributed by atoms with Crippen LogP contribution in [0.25, 0.3) is 0 Å². The second-order valence-corrected chi connectivity index (χ2v) is 3.71. The Labute approximate surface area is 99.6 Å². The van der Waals surface area contributed by atoms with Crippen molar-refractivity contribution in [3.8, 4) is 0 Å². The summed E-state index contributed by atoms with van der Waals surface area (Å²) in [5, 5.41) is 0. The molecule has 0 radical (unpaired) electrons. The number of Topliss-reactive ketones (excluding diaryl/α,β-unsaturated/α-hetero) is 2. The van der Waals surface area contributed by atoms with Crippen molar-refractivity contribution < 1.29 is 19.1 Å². The summed E-state index contributed by atoms with van der Waals surface area (Å²) < 4.78 is 4.44. The molecule has 1 aromatic rings. The van der Waals surface area contributed by atoms with Crippen LogP contribution < -0.4 is 0 Å². The van der Waals surface area contributed by atoms with E-state index in [-0.39, 0.29) is 24.4 Å². The van der Waals surface area contributed by atoms with E-state index >= 15 is 0 Å². The van der Waals surface area contributed by atoms with E-state index in [1.807, 2.05) is 0 Å². The Hall–Kier alpha value is -1.97. The average molecular weight is 234 g/mol. The van der Waals surface area contributed by atoms with E-state index < -0.39 is 5.97 Å². The van der Waals surface area contributed by atoms with Crippen LogP contribution in [0.3, 0.4) is 0 Å². The van der Waals surface area contributed by atoms with Crippen molar-refractivity contribution in [3.63, 3.8) is 0 Å². The predicted octanol–water partition coefficient (Wildman–Crippen LogP) is 1.56. The third-order valence-electron chi connectivity index (χ3n) is 2.29. The Balaban J connectivity index is 2.92. The van der Waals surface area contributed by atoms with E-state index in [0.29, 0.717) is 11.1 Å². The molecule has 0 aromatic heterocycles. The number of hydrogen-bond acceptors (Lipinski definition) is 4. The maximum atomic E-state index is 11.8. The molecular formula is C13H14O4. The van der Waals surface area contributed by atoms with Gasteiger partial charge >= 0.3 is 5.97 Å². The van der Waals surface area contributed by atoms with Crippen molar-refractivity contribution in [1.82, 2.24) is 0 Å². The standard InChI is InChI=1S/C13H14O4/c1-9(14)7-10-5-3-4-6-11(10)12(15)8-13(16)17-2/h3-6H,7-8H2,1-2H3. The smallest absolute Gasteiger partial charge is 0.313 e. The molecule has 1 aromatic carbocycles. The van der Waals surface area contributed by atoms with Gasteiger partial charge in [-0.15, -0.1) is 0 Å². The number of ketones is 2. The Bertz CT molecular complexity index is 448. The predicted molar refractivity (Wildman–Crippen MR) is 61.8 cm³/mol. The molecular weight excluding hydrogens is 220 g/mol. The lowest BCUT2D eigenvalue weighted by atomic mass is 9.98. The highest BCUT2D eigenvalue weighted by atomic mass is 16.5. The molecule has 0 saturated heterocycles. The second kappa shape index (κ2) is 5.94. The molecule has 1 rings (SSSR count). The van der Waals surface area contributed by atoms with E-state index in [9.17, 15) is 14.4 Å². The number of hydrogen-bond donors (Lipinski definition) is 0. The van der Waals surface area contributed by atoms with Crippen molar-refractivity contribution in [3.05, 3.63) is 35.4 Å². The third kappa shape index (κ3) is 3.83. The number of rotatable bonds is 5. The number of methoxy groups -OCH3 is 1. The van der Waals surface area contributed by atoms with Crippen molar-refractivity contribution in [1.29, 1.82) is 0 Å². The van der Waals surface area contributed by atoms with Crippen LogP contribution in [0.4, 0.5) is 0 Å². The minimum Gasteiger partial charge on any atom is -0.469 e. The Morgan fingerprint density at radius 2 is 1.82 bits per heavy atom. The number of benzene rings is 1. The molecule has 0 saturated carbocycles.